The highest BCUT2D eigenvalue weighted by Crippen LogP contribution is 2.34. The van der Waals surface area contributed by atoms with E-state index < -0.39 is 0 Å². The summed E-state index contributed by atoms with van der Waals surface area (Å²) in [5, 5.41) is 2.94. The van der Waals surface area contributed by atoms with Gasteiger partial charge in [-0.3, -0.25) is 4.79 Å². The molecule has 4 nitrogen and oxygen atoms in total. The highest BCUT2D eigenvalue weighted by atomic mass is 19.1. The van der Waals surface area contributed by atoms with Crippen molar-refractivity contribution in [3.8, 4) is 5.75 Å². The minimum atomic E-state index is -0.356. The molecule has 0 saturated carbocycles. The smallest absolute Gasteiger partial charge is 0.228 e. The Kier molecular flexibility index (Phi) is 3.81. The predicted octanol–water partition coefficient (Wildman–Crippen LogP) is 1.55. The van der Waals surface area contributed by atoms with E-state index in [1.165, 1.54) is 12.1 Å². The Hall–Kier alpha value is -1.62. The van der Waals surface area contributed by atoms with E-state index in [1.807, 2.05) is 6.92 Å². The summed E-state index contributed by atoms with van der Waals surface area (Å²) < 4.78 is 18.7. The number of nitrogens with zero attached hydrogens (tertiary/aromatic N) is 1. The number of carbonyl (C=O) groups is 1. The monoisotopic (exact) mass is 252 g/mol. The summed E-state index contributed by atoms with van der Waals surface area (Å²) in [7, 11) is 1.80. The summed E-state index contributed by atoms with van der Waals surface area (Å²) >= 11 is 0. The van der Waals surface area contributed by atoms with E-state index in [0.717, 1.165) is 0 Å². The van der Waals surface area contributed by atoms with Crippen molar-refractivity contribution in [3.05, 3.63) is 24.0 Å². The van der Waals surface area contributed by atoms with Crippen molar-refractivity contribution < 1.29 is 13.9 Å². The first-order chi connectivity index (χ1) is 8.61. The summed E-state index contributed by atoms with van der Waals surface area (Å²) in [5.41, 5.74) is 0.649. The zero-order chi connectivity index (χ0) is 13.1. The fourth-order valence-corrected chi connectivity index (χ4v) is 2.02. The zero-order valence-corrected chi connectivity index (χ0v) is 10.6. The number of amides is 1. The molecule has 1 N–H and O–H groups in total. The van der Waals surface area contributed by atoms with Gasteiger partial charge in [-0.05, 0) is 26.1 Å². The lowest BCUT2D eigenvalue weighted by Gasteiger charge is -2.33. The number of nitrogens with one attached hydrogen (secondary N) is 1. The third-order valence-electron chi connectivity index (χ3n) is 2.87. The van der Waals surface area contributed by atoms with Crippen LogP contribution in [0.1, 0.15) is 13.3 Å². The maximum absolute atomic E-state index is 13.2. The Morgan fingerprint density at radius 3 is 3.11 bits per heavy atom. The number of carbonyl (C=O) groups excluding carboxylic acids is 1. The van der Waals surface area contributed by atoms with Crippen molar-refractivity contribution in [1.82, 2.24) is 5.32 Å². The molecule has 1 heterocycles. The molecular formula is C13H17FN2O2. The fourth-order valence-electron chi connectivity index (χ4n) is 2.02. The fraction of sp³-hybridized carbons (Fsp3) is 0.462. The Morgan fingerprint density at radius 1 is 1.61 bits per heavy atom. The van der Waals surface area contributed by atoms with Gasteiger partial charge in [0.15, 0.2) is 0 Å². The van der Waals surface area contributed by atoms with Crippen molar-refractivity contribution in [2.24, 2.45) is 0 Å². The van der Waals surface area contributed by atoms with E-state index in [9.17, 15) is 9.18 Å². The number of benzene rings is 1. The van der Waals surface area contributed by atoms with Crippen LogP contribution in [0, 0.1) is 5.82 Å². The van der Waals surface area contributed by atoms with E-state index in [-0.39, 0.29) is 17.8 Å². The molecule has 2 rings (SSSR count). The molecule has 0 spiro atoms. The van der Waals surface area contributed by atoms with Gasteiger partial charge in [-0.1, -0.05) is 0 Å². The van der Waals surface area contributed by atoms with Crippen LogP contribution in [0.2, 0.25) is 0 Å². The lowest BCUT2D eigenvalue weighted by molar-refractivity contribution is -0.119. The molecule has 5 heteroatoms. The van der Waals surface area contributed by atoms with Crippen molar-refractivity contribution in [2.45, 2.75) is 19.4 Å². The molecule has 1 aromatic carbocycles. The number of halogens is 1. The molecule has 1 aliphatic heterocycles. The van der Waals surface area contributed by atoms with Gasteiger partial charge in [0.2, 0.25) is 5.91 Å². The topological polar surface area (TPSA) is 41.6 Å². The molecule has 98 valence electrons. The van der Waals surface area contributed by atoms with Crippen LogP contribution in [0.25, 0.3) is 0 Å². The van der Waals surface area contributed by atoms with E-state index in [1.54, 1.807) is 18.0 Å². The van der Waals surface area contributed by atoms with Gasteiger partial charge >= 0.3 is 0 Å². The van der Waals surface area contributed by atoms with Crippen molar-refractivity contribution in [1.29, 1.82) is 0 Å². The Morgan fingerprint density at radius 2 is 2.39 bits per heavy atom. The van der Waals surface area contributed by atoms with E-state index in [2.05, 4.69) is 5.32 Å². The highest BCUT2D eigenvalue weighted by molar-refractivity contribution is 5.95. The van der Waals surface area contributed by atoms with Crippen LogP contribution in [-0.2, 0) is 4.79 Å². The molecular weight excluding hydrogens is 235 g/mol. The summed E-state index contributed by atoms with van der Waals surface area (Å²) in [5.74, 6) is 0.101. The van der Waals surface area contributed by atoms with Gasteiger partial charge in [-0.15, -0.1) is 0 Å². The molecule has 0 radical (unpaired) electrons. The van der Waals surface area contributed by atoms with Crippen LogP contribution in [-0.4, -0.2) is 32.1 Å². The molecule has 1 unspecified atom stereocenters. The third-order valence-corrected chi connectivity index (χ3v) is 2.87. The number of hydrogen-bond acceptors (Lipinski definition) is 3. The van der Waals surface area contributed by atoms with E-state index >= 15 is 0 Å². The quantitative estimate of drug-likeness (QED) is 0.887. The largest absolute Gasteiger partial charge is 0.487 e. The van der Waals surface area contributed by atoms with Crippen LogP contribution in [0.3, 0.4) is 0 Å². The minimum Gasteiger partial charge on any atom is -0.487 e. The molecule has 0 aromatic heterocycles. The van der Waals surface area contributed by atoms with Gasteiger partial charge in [0.1, 0.15) is 17.7 Å². The summed E-state index contributed by atoms with van der Waals surface area (Å²) in [6, 6.07) is 4.26. The molecule has 0 aliphatic carbocycles. The lowest BCUT2D eigenvalue weighted by atomic mass is 10.1. The van der Waals surface area contributed by atoms with E-state index in [0.29, 0.717) is 30.9 Å². The standard InChI is InChI=1S/C13H17FN2O2/c1-9-8-16(13(17)5-6-15-2)11-4-3-10(14)7-12(11)18-9/h3-4,7,9,15H,5-6,8H2,1-2H3. The van der Waals surface area contributed by atoms with Gasteiger partial charge in [-0.25, -0.2) is 4.39 Å². The molecule has 0 fully saturated rings. The van der Waals surface area contributed by atoms with Crippen LogP contribution in [0.4, 0.5) is 10.1 Å². The number of ether oxygens (including phenoxy) is 1. The van der Waals surface area contributed by atoms with Crippen molar-refractivity contribution >= 4 is 11.6 Å². The summed E-state index contributed by atoms with van der Waals surface area (Å²) in [6.07, 6.45) is 0.290. The third kappa shape index (κ3) is 2.61. The van der Waals surface area contributed by atoms with Crippen LogP contribution in [0.5, 0.6) is 5.75 Å². The first-order valence-corrected chi connectivity index (χ1v) is 6.03. The molecule has 1 amide bonds. The second-order valence-electron chi connectivity index (χ2n) is 4.40. The maximum atomic E-state index is 13.2. The molecule has 1 aliphatic rings. The molecule has 1 atom stereocenters. The second kappa shape index (κ2) is 5.35. The first-order valence-electron chi connectivity index (χ1n) is 6.03. The average molecular weight is 252 g/mol. The van der Waals surface area contributed by atoms with Crippen LogP contribution >= 0.6 is 0 Å². The Labute approximate surface area is 106 Å². The van der Waals surface area contributed by atoms with Gasteiger partial charge in [0, 0.05) is 19.0 Å². The first kappa shape index (κ1) is 12.8. The Balaban J connectivity index is 2.25. The predicted molar refractivity (Wildman–Crippen MR) is 67.4 cm³/mol. The number of fused-ring (bicyclic) bond motifs is 1. The zero-order valence-electron chi connectivity index (χ0n) is 10.6. The maximum Gasteiger partial charge on any atom is 0.228 e. The lowest BCUT2D eigenvalue weighted by Crippen LogP contribution is -2.43. The van der Waals surface area contributed by atoms with Crippen LogP contribution < -0.4 is 15.0 Å². The van der Waals surface area contributed by atoms with Gasteiger partial charge in [0.25, 0.3) is 0 Å². The molecule has 0 saturated heterocycles. The minimum absolute atomic E-state index is 0.0207. The SMILES string of the molecule is CNCCC(=O)N1CC(C)Oc2cc(F)ccc21. The number of rotatable bonds is 3. The normalized spacial score (nSPS) is 18.2. The van der Waals surface area contributed by atoms with Gasteiger partial charge in [-0.2, -0.15) is 0 Å². The van der Waals surface area contributed by atoms with Gasteiger partial charge < -0.3 is 15.0 Å². The van der Waals surface area contributed by atoms with Crippen molar-refractivity contribution in [2.75, 3.05) is 25.0 Å². The highest BCUT2D eigenvalue weighted by Gasteiger charge is 2.27. The molecule has 18 heavy (non-hydrogen) atoms. The summed E-state index contributed by atoms with van der Waals surface area (Å²) in [4.78, 5) is 13.8. The van der Waals surface area contributed by atoms with E-state index in [4.69, 9.17) is 4.74 Å². The summed E-state index contributed by atoms with van der Waals surface area (Å²) in [6.45, 7) is 2.99. The average Bonchev–Trinajstić information content (AvgIpc) is 2.34. The Bertz CT molecular complexity index is 451. The number of hydrogen-bond donors (Lipinski definition) is 1. The molecule has 0 bridgehead atoms. The number of anilines is 1. The van der Waals surface area contributed by atoms with Crippen LogP contribution in [0.15, 0.2) is 18.2 Å². The second-order valence-corrected chi connectivity index (χ2v) is 4.40. The molecule has 1 aromatic rings. The van der Waals surface area contributed by atoms with Gasteiger partial charge in [0.05, 0.1) is 12.2 Å². The van der Waals surface area contributed by atoms with Crippen molar-refractivity contribution in [3.63, 3.8) is 0 Å².